The molecule has 0 radical (unpaired) electrons. The van der Waals surface area contributed by atoms with Crippen LogP contribution < -0.4 is 5.32 Å². The predicted octanol–water partition coefficient (Wildman–Crippen LogP) is 2.79. The fraction of sp³-hybridized carbons (Fsp3) is 0.200. The number of aryl methyl sites for hydroxylation is 1. The number of nitrogens with one attached hydrogen (secondary N) is 1. The molecule has 1 amide bonds. The summed E-state index contributed by atoms with van der Waals surface area (Å²) in [5, 5.41) is 2.77. The molecule has 0 unspecified atom stereocenters. The zero-order valence-electron chi connectivity index (χ0n) is 11.0. The zero-order valence-corrected chi connectivity index (χ0v) is 11.0. The number of pyridine rings is 1. The number of hydrogen-bond donors (Lipinski definition) is 1. The van der Waals surface area contributed by atoms with Crippen molar-refractivity contribution in [3.8, 4) is 0 Å². The van der Waals surface area contributed by atoms with Crippen LogP contribution in [0.25, 0.3) is 0 Å². The molecule has 1 aromatic heterocycles. The maximum Gasteiger partial charge on any atom is 0.256 e. The number of hydrogen-bond acceptors (Lipinski definition) is 3. The first kappa shape index (κ1) is 13.2. The Labute approximate surface area is 112 Å². The molecule has 0 fully saturated rings. The number of nitrogens with zero attached hydrogens (tertiary/aromatic N) is 1. The lowest BCUT2D eigenvalue weighted by Crippen LogP contribution is -2.13. The van der Waals surface area contributed by atoms with Gasteiger partial charge in [0.15, 0.2) is 0 Å². The lowest BCUT2D eigenvalue weighted by molar-refractivity contribution is 0.102. The molecule has 0 atom stereocenters. The third-order valence-electron chi connectivity index (χ3n) is 2.66. The number of ether oxygens (including phenoxy) is 1. The van der Waals surface area contributed by atoms with Gasteiger partial charge in [-0.2, -0.15) is 0 Å². The molecular formula is C15H16N2O2. The van der Waals surface area contributed by atoms with Gasteiger partial charge in [-0.1, -0.05) is 18.2 Å². The summed E-state index contributed by atoms with van der Waals surface area (Å²) in [7, 11) is 1.64. The van der Waals surface area contributed by atoms with E-state index in [4.69, 9.17) is 4.74 Å². The average molecular weight is 256 g/mol. The molecule has 2 rings (SSSR count). The van der Waals surface area contributed by atoms with Gasteiger partial charge in [-0.15, -0.1) is 0 Å². The highest BCUT2D eigenvalue weighted by molar-refractivity contribution is 6.03. The van der Waals surface area contributed by atoms with Crippen LogP contribution in [-0.2, 0) is 11.3 Å². The molecule has 0 aliphatic carbocycles. The van der Waals surface area contributed by atoms with Crippen LogP contribution in [0.5, 0.6) is 0 Å². The average Bonchev–Trinajstić information content (AvgIpc) is 2.40. The van der Waals surface area contributed by atoms with E-state index in [0.717, 1.165) is 11.3 Å². The van der Waals surface area contributed by atoms with E-state index in [1.165, 1.54) is 0 Å². The maximum absolute atomic E-state index is 12.0. The van der Waals surface area contributed by atoms with Crippen molar-refractivity contribution in [2.24, 2.45) is 0 Å². The smallest absolute Gasteiger partial charge is 0.256 e. The van der Waals surface area contributed by atoms with Crippen molar-refractivity contribution in [3.63, 3.8) is 0 Å². The molecule has 0 saturated carbocycles. The third-order valence-corrected chi connectivity index (χ3v) is 2.66. The van der Waals surface area contributed by atoms with Gasteiger partial charge in [-0.3, -0.25) is 4.79 Å². The number of carbonyl (C=O) groups excluding carboxylic acids is 1. The molecule has 0 spiro atoms. The van der Waals surface area contributed by atoms with Crippen LogP contribution in [0, 0.1) is 6.92 Å². The summed E-state index contributed by atoms with van der Waals surface area (Å²) >= 11 is 0. The topological polar surface area (TPSA) is 51.2 Å². The Morgan fingerprint density at radius 1 is 1.21 bits per heavy atom. The molecule has 0 aliphatic rings. The first-order valence-corrected chi connectivity index (χ1v) is 6.02. The molecule has 0 bridgehead atoms. The predicted molar refractivity (Wildman–Crippen MR) is 74.1 cm³/mol. The molecule has 98 valence electrons. The Hall–Kier alpha value is -2.20. The minimum atomic E-state index is -0.165. The molecule has 4 heteroatoms. The number of amides is 1. The van der Waals surface area contributed by atoms with E-state index >= 15 is 0 Å². The fourth-order valence-electron chi connectivity index (χ4n) is 1.72. The van der Waals surface area contributed by atoms with Crippen LogP contribution in [0.1, 0.15) is 21.6 Å². The Kier molecular flexibility index (Phi) is 4.26. The van der Waals surface area contributed by atoms with Gasteiger partial charge in [0.25, 0.3) is 5.91 Å². The Bertz CT molecular complexity index is 565. The first-order valence-electron chi connectivity index (χ1n) is 6.02. The van der Waals surface area contributed by atoms with Crippen LogP contribution in [-0.4, -0.2) is 18.0 Å². The molecule has 19 heavy (non-hydrogen) atoms. The molecular weight excluding hydrogens is 240 g/mol. The second kappa shape index (κ2) is 6.11. The van der Waals surface area contributed by atoms with E-state index in [1.807, 2.05) is 31.2 Å². The van der Waals surface area contributed by atoms with Gasteiger partial charge < -0.3 is 10.1 Å². The molecule has 1 aromatic carbocycles. The van der Waals surface area contributed by atoms with Gasteiger partial charge in [0.1, 0.15) is 5.82 Å². The normalized spacial score (nSPS) is 10.2. The quantitative estimate of drug-likeness (QED) is 0.915. The molecule has 0 aliphatic heterocycles. The number of rotatable bonds is 4. The lowest BCUT2D eigenvalue weighted by Gasteiger charge is -2.06. The van der Waals surface area contributed by atoms with E-state index < -0.39 is 0 Å². The molecule has 2 aromatic rings. The van der Waals surface area contributed by atoms with Gasteiger partial charge in [-0.25, -0.2) is 4.98 Å². The van der Waals surface area contributed by atoms with Gasteiger partial charge in [0.05, 0.1) is 6.61 Å². The Morgan fingerprint density at radius 3 is 2.58 bits per heavy atom. The van der Waals surface area contributed by atoms with Gasteiger partial charge in [0, 0.05) is 18.4 Å². The van der Waals surface area contributed by atoms with Crippen molar-refractivity contribution in [2.75, 3.05) is 12.4 Å². The SMILES string of the molecule is COCc1ccc(C(=O)Nc2cccc(C)n2)cc1. The minimum Gasteiger partial charge on any atom is -0.380 e. The number of methoxy groups -OCH3 is 1. The summed E-state index contributed by atoms with van der Waals surface area (Å²) in [6, 6.07) is 12.8. The summed E-state index contributed by atoms with van der Waals surface area (Å²) in [6.07, 6.45) is 0. The van der Waals surface area contributed by atoms with Crippen molar-refractivity contribution in [3.05, 3.63) is 59.3 Å². The third kappa shape index (κ3) is 3.63. The lowest BCUT2D eigenvalue weighted by atomic mass is 10.1. The Morgan fingerprint density at radius 2 is 1.95 bits per heavy atom. The van der Waals surface area contributed by atoms with Crippen LogP contribution in [0.4, 0.5) is 5.82 Å². The molecule has 4 nitrogen and oxygen atoms in total. The van der Waals surface area contributed by atoms with Crippen molar-refractivity contribution in [1.82, 2.24) is 4.98 Å². The van der Waals surface area contributed by atoms with E-state index in [2.05, 4.69) is 10.3 Å². The highest BCUT2D eigenvalue weighted by atomic mass is 16.5. The first-order chi connectivity index (χ1) is 9.19. The number of anilines is 1. The van der Waals surface area contributed by atoms with Crippen LogP contribution >= 0.6 is 0 Å². The number of benzene rings is 1. The zero-order chi connectivity index (χ0) is 13.7. The maximum atomic E-state index is 12.0. The summed E-state index contributed by atoms with van der Waals surface area (Å²) < 4.78 is 5.03. The van der Waals surface area contributed by atoms with E-state index in [1.54, 1.807) is 25.3 Å². The summed E-state index contributed by atoms with van der Waals surface area (Å²) in [4.78, 5) is 16.2. The summed E-state index contributed by atoms with van der Waals surface area (Å²) in [6.45, 7) is 2.43. The van der Waals surface area contributed by atoms with Gasteiger partial charge in [-0.05, 0) is 36.8 Å². The highest BCUT2D eigenvalue weighted by Crippen LogP contribution is 2.09. The second-order valence-electron chi connectivity index (χ2n) is 4.25. The van der Waals surface area contributed by atoms with E-state index in [9.17, 15) is 4.79 Å². The van der Waals surface area contributed by atoms with Gasteiger partial charge in [0.2, 0.25) is 0 Å². The minimum absolute atomic E-state index is 0.165. The largest absolute Gasteiger partial charge is 0.380 e. The number of carbonyl (C=O) groups is 1. The highest BCUT2D eigenvalue weighted by Gasteiger charge is 2.06. The van der Waals surface area contributed by atoms with E-state index in [0.29, 0.717) is 18.0 Å². The van der Waals surface area contributed by atoms with Crippen LogP contribution in [0.15, 0.2) is 42.5 Å². The summed E-state index contributed by atoms with van der Waals surface area (Å²) in [5.74, 6) is 0.396. The fourth-order valence-corrected chi connectivity index (χ4v) is 1.72. The van der Waals surface area contributed by atoms with Crippen molar-refractivity contribution < 1.29 is 9.53 Å². The Balaban J connectivity index is 2.07. The van der Waals surface area contributed by atoms with Crippen molar-refractivity contribution >= 4 is 11.7 Å². The molecule has 0 saturated heterocycles. The van der Waals surface area contributed by atoms with Crippen LogP contribution in [0.3, 0.4) is 0 Å². The summed E-state index contributed by atoms with van der Waals surface area (Å²) in [5.41, 5.74) is 2.50. The van der Waals surface area contributed by atoms with Gasteiger partial charge >= 0.3 is 0 Å². The number of aromatic nitrogens is 1. The standard InChI is InChI=1S/C15H16N2O2/c1-11-4-3-5-14(16-11)17-15(18)13-8-6-12(7-9-13)10-19-2/h3-9H,10H2,1-2H3,(H,16,17,18). The monoisotopic (exact) mass is 256 g/mol. The molecule has 1 N–H and O–H groups in total. The van der Waals surface area contributed by atoms with Crippen molar-refractivity contribution in [2.45, 2.75) is 13.5 Å². The van der Waals surface area contributed by atoms with Crippen LogP contribution in [0.2, 0.25) is 0 Å². The molecule has 1 heterocycles. The van der Waals surface area contributed by atoms with E-state index in [-0.39, 0.29) is 5.91 Å². The van der Waals surface area contributed by atoms with Crippen molar-refractivity contribution in [1.29, 1.82) is 0 Å². The second-order valence-corrected chi connectivity index (χ2v) is 4.25.